The Morgan fingerprint density at radius 2 is 0.818 bits per heavy atom. The fraction of sp³-hybridized carbons (Fsp3) is 0.211. The number of Topliss-reactive ketones (excluding diaryl/α,β-unsaturated/α-hetero) is 2. The number of carbonyl (C=O) groups is 2. The SMILES string of the molecule is O=C(C1=CN(c2ccccc2)CN(CCCCN2CC(C(=O)c3ccccc3)=CN(c3ccccc3)C2)C1)c1ccccc1. The first-order valence-corrected chi connectivity index (χ1v) is 15.3. The number of unbranched alkanes of at least 4 members (excludes halogenated alkanes) is 1. The van der Waals surface area contributed by atoms with Crippen molar-refractivity contribution in [2.45, 2.75) is 12.8 Å². The first kappa shape index (κ1) is 29.3. The molecule has 4 aromatic rings. The van der Waals surface area contributed by atoms with E-state index in [9.17, 15) is 9.59 Å². The molecular weight excluding hydrogens is 544 g/mol. The molecule has 0 saturated carbocycles. The average Bonchev–Trinajstić information content (AvgIpc) is 3.10. The van der Waals surface area contributed by atoms with Gasteiger partial charge in [-0.25, -0.2) is 0 Å². The Kier molecular flexibility index (Phi) is 9.41. The van der Waals surface area contributed by atoms with Gasteiger partial charge in [0.15, 0.2) is 11.6 Å². The molecule has 0 fully saturated rings. The Morgan fingerprint density at radius 3 is 1.18 bits per heavy atom. The molecule has 0 bridgehead atoms. The van der Waals surface area contributed by atoms with Crippen LogP contribution in [0.1, 0.15) is 33.6 Å². The van der Waals surface area contributed by atoms with Crippen LogP contribution in [0.2, 0.25) is 0 Å². The zero-order chi connectivity index (χ0) is 30.1. The van der Waals surface area contributed by atoms with Gasteiger partial charge in [0, 0.05) is 72.2 Å². The van der Waals surface area contributed by atoms with Crippen molar-refractivity contribution < 1.29 is 9.59 Å². The molecule has 0 atom stereocenters. The van der Waals surface area contributed by atoms with Crippen LogP contribution in [0.5, 0.6) is 0 Å². The topological polar surface area (TPSA) is 47.1 Å². The summed E-state index contributed by atoms with van der Waals surface area (Å²) >= 11 is 0. The second-order valence-corrected chi connectivity index (χ2v) is 11.4. The van der Waals surface area contributed by atoms with Crippen LogP contribution in [0.25, 0.3) is 0 Å². The first-order chi connectivity index (χ1) is 21.6. The fourth-order valence-corrected chi connectivity index (χ4v) is 5.88. The van der Waals surface area contributed by atoms with Gasteiger partial charge in [-0.2, -0.15) is 0 Å². The molecular formula is C38H38N4O2. The lowest BCUT2D eigenvalue weighted by Crippen LogP contribution is -2.44. The molecule has 2 aliphatic heterocycles. The molecule has 6 nitrogen and oxygen atoms in total. The molecule has 2 aliphatic rings. The molecule has 6 rings (SSSR count). The molecule has 0 spiro atoms. The van der Waals surface area contributed by atoms with E-state index in [-0.39, 0.29) is 11.6 Å². The summed E-state index contributed by atoms with van der Waals surface area (Å²) in [5.41, 5.74) is 5.19. The number of carbonyl (C=O) groups excluding carboxylic acids is 2. The highest BCUT2D eigenvalue weighted by molar-refractivity contribution is 6.10. The van der Waals surface area contributed by atoms with Gasteiger partial charge in [0.2, 0.25) is 0 Å². The summed E-state index contributed by atoms with van der Waals surface area (Å²) in [6.45, 7) is 4.48. The number of nitrogens with zero attached hydrogens (tertiary/aromatic N) is 4. The van der Waals surface area contributed by atoms with Crippen LogP contribution in [-0.2, 0) is 0 Å². The minimum atomic E-state index is 0.0768. The first-order valence-electron chi connectivity index (χ1n) is 15.3. The molecule has 0 unspecified atom stereocenters. The lowest BCUT2D eigenvalue weighted by molar-refractivity contribution is 0.101. The minimum absolute atomic E-state index is 0.0768. The average molecular weight is 583 g/mol. The van der Waals surface area contributed by atoms with Gasteiger partial charge in [0.1, 0.15) is 0 Å². The van der Waals surface area contributed by atoms with Crippen molar-refractivity contribution in [1.82, 2.24) is 9.80 Å². The van der Waals surface area contributed by atoms with E-state index >= 15 is 0 Å². The molecule has 2 heterocycles. The maximum atomic E-state index is 13.4. The quantitative estimate of drug-likeness (QED) is 0.142. The molecule has 222 valence electrons. The predicted molar refractivity (Wildman–Crippen MR) is 178 cm³/mol. The van der Waals surface area contributed by atoms with Crippen molar-refractivity contribution in [3.63, 3.8) is 0 Å². The largest absolute Gasteiger partial charge is 0.334 e. The second-order valence-electron chi connectivity index (χ2n) is 11.4. The minimum Gasteiger partial charge on any atom is -0.334 e. The van der Waals surface area contributed by atoms with Crippen molar-refractivity contribution in [3.05, 3.63) is 156 Å². The van der Waals surface area contributed by atoms with Gasteiger partial charge in [-0.1, -0.05) is 97.1 Å². The third-order valence-corrected chi connectivity index (χ3v) is 8.15. The number of anilines is 2. The monoisotopic (exact) mass is 582 g/mol. The lowest BCUT2D eigenvalue weighted by Gasteiger charge is -2.36. The third-order valence-electron chi connectivity index (χ3n) is 8.15. The van der Waals surface area contributed by atoms with Gasteiger partial charge in [-0.3, -0.25) is 19.4 Å². The fourth-order valence-electron chi connectivity index (χ4n) is 5.88. The summed E-state index contributed by atoms with van der Waals surface area (Å²) in [7, 11) is 0. The van der Waals surface area contributed by atoms with E-state index in [0.717, 1.165) is 72.9 Å². The van der Waals surface area contributed by atoms with Gasteiger partial charge < -0.3 is 9.80 Å². The van der Waals surface area contributed by atoms with E-state index in [4.69, 9.17) is 0 Å². The summed E-state index contributed by atoms with van der Waals surface area (Å²) in [4.78, 5) is 35.9. The Morgan fingerprint density at radius 1 is 0.477 bits per heavy atom. The van der Waals surface area contributed by atoms with E-state index in [1.807, 2.05) is 109 Å². The van der Waals surface area contributed by atoms with Crippen LogP contribution in [0.3, 0.4) is 0 Å². The maximum absolute atomic E-state index is 13.4. The number of hydrogen-bond acceptors (Lipinski definition) is 6. The molecule has 0 aromatic heterocycles. The van der Waals surface area contributed by atoms with E-state index in [2.05, 4.69) is 43.9 Å². The molecule has 0 N–H and O–H groups in total. The Labute approximate surface area is 260 Å². The summed E-state index contributed by atoms with van der Waals surface area (Å²) in [6.07, 6.45) is 6.02. The number of hydrogen-bond donors (Lipinski definition) is 0. The number of ketones is 2. The van der Waals surface area contributed by atoms with E-state index < -0.39 is 0 Å². The number of benzene rings is 4. The highest BCUT2D eigenvalue weighted by Crippen LogP contribution is 2.24. The molecule has 0 radical (unpaired) electrons. The van der Waals surface area contributed by atoms with Gasteiger partial charge in [-0.15, -0.1) is 0 Å². The molecule has 0 aliphatic carbocycles. The van der Waals surface area contributed by atoms with Gasteiger partial charge >= 0.3 is 0 Å². The summed E-state index contributed by atoms with van der Waals surface area (Å²) in [6, 6.07) is 39.6. The van der Waals surface area contributed by atoms with E-state index in [0.29, 0.717) is 13.1 Å². The predicted octanol–water partition coefficient (Wildman–Crippen LogP) is 6.86. The maximum Gasteiger partial charge on any atom is 0.191 e. The molecule has 6 heteroatoms. The van der Waals surface area contributed by atoms with Crippen LogP contribution in [0.4, 0.5) is 11.4 Å². The zero-order valence-electron chi connectivity index (χ0n) is 25.0. The summed E-state index contributed by atoms with van der Waals surface area (Å²) in [5.74, 6) is 0.154. The van der Waals surface area contributed by atoms with Crippen molar-refractivity contribution >= 4 is 22.9 Å². The van der Waals surface area contributed by atoms with Crippen LogP contribution >= 0.6 is 0 Å². The van der Waals surface area contributed by atoms with Crippen LogP contribution in [0.15, 0.2) is 145 Å². The van der Waals surface area contributed by atoms with Crippen molar-refractivity contribution in [1.29, 1.82) is 0 Å². The van der Waals surface area contributed by atoms with Gasteiger partial charge in [0.05, 0.1) is 13.3 Å². The number of para-hydroxylation sites is 2. The normalized spacial score (nSPS) is 15.9. The molecule has 4 aromatic carbocycles. The number of rotatable bonds is 11. The highest BCUT2D eigenvalue weighted by atomic mass is 16.1. The Balaban J connectivity index is 1.10. The van der Waals surface area contributed by atoms with Crippen LogP contribution in [-0.4, -0.2) is 60.9 Å². The Hall–Kier alpha value is -4.78. The molecule has 0 amide bonds. The third kappa shape index (κ3) is 7.22. The summed E-state index contributed by atoms with van der Waals surface area (Å²) in [5, 5.41) is 0. The standard InChI is InChI=1S/C38H38N4O2/c43-37(31-15-5-1-6-16-31)33-25-39(29-41(27-33)35-19-9-3-10-20-35)23-13-14-24-40-26-34(38(44)32-17-7-2-8-18-32)28-42(30-40)36-21-11-4-12-22-36/h1-12,15-22,27-28H,13-14,23-26,29-30H2. The van der Waals surface area contributed by atoms with E-state index in [1.165, 1.54) is 0 Å². The molecule has 0 saturated heterocycles. The smallest absolute Gasteiger partial charge is 0.191 e. The summed E-state index contributed by atoms with van der Waals surface area (Å²) < 4.78 is 0. The van der Waals surface area contributed by atoms with Crippen molar-refractivity contribution in [3.8, 4) is 0 Å². The second kappa shape index (κ2) is 14.1. The highest BCUT2D eigenvalue weighted by Gasteiger charge is 2.25. The van der Waals surface area contributed by atoms with Gasteiger partial charge in [-0.05, 0) is 37.1 Å². The van der Waals surface area contributed by atoms with Crippen LogP contribution < -0.4 is 9.80 Å². The lowest BCUT2D eigenvalue weighted by atomic mass is 10.0. The Bertz CT molecular complexity index is 1480. The van der Waals surface area contributed by atoms with Crippen molar-refractivity contribution in [2.24, 2.45) is 0 Å². The van der Waals surface area contributed by atoms with Crippen LogP contribution in [0, 0.1) is 0 Å². The van der Waals surface area contributed by atoms with Gasteiger partial charge in [0.25, 0.3) is 0 Å². The molecule has 44 heavy (non-hydrogen) atoms. The van der Waals surface area contributed by atoms with E-state index in [1.54, 1.807) is 0 Å². The van der Waals surface area contributed by atoms with Crippen molar-refractivity contribution in [2.75, 3.05) is 49.3 Å². The zero-order valence-corrected chi connectivity index (χ0v) is 25.0.